The van der Waals surface area contributed by atoms with Crippen LogP contribution in [0.25, 0.3) is 0 Å². The van der Waals surface area contributed by atoms with Crippen LogP contribution in [0.15, 0.2) is 42.5 Å². The molecule has 1 saturated carbocycles. The van der Waals surface area contributed by atoms with Gasteiger partial charge < -0.3 is 29.7 Å². The highest BCUT2D eigenvalue weighted by Gasteiger charge is 2.39. The van der Waals surface area contributed by atoms with Crippen LogP contribution in [0.2, 0.25) is 0 Å². The van der Waals surface area contributed by atoms with E-state index in [1.807, 2.05) is 18.2 Å². The van der Waals surface area contributed by atoms with Gasteiger partial charge in [-0.15, -0.1) is 0 Å². The lowest BCUT2D eigenvalue weighted by Gasteiger charge is -2.42. The highest BCUT2D eigenvalue weighted by Crippen LogP contribution is 2.33. The summed E-state index contributed by atoms with van der Waals surface area (Å²) in [7, 11) is 3.36. The maximum atomic E-state index is 13.5. The van der Waals surface area contributed by atoms with E-state index in [-0.39, 0.29) is 54.9 Å². The number of nitrogens with one attached hydrogen (secondary N) is 2. The number of likely N-dealkylation sites (N-methyl/N-ethyl adjacent to an activating group) is 1. The molecule has 5 rings (SSSR count). The van der Waals surface area contributed by atoms with Gasteiger partial charge in [0.2, 0.25) is 11.8 Å². The third-order valence-corrected chi connectivity index (χ3v) is 7.77. The van der Waals surface area contributed by atoms with Gasteiger partial charge in [-0.25, -0.2) is 0 Å². The van der Waals surface area contributed by atoms with Crippen LogP contribution in [0.1, 0.15) is 55.3 Å². The Morgan fingerprint density at radius 1 is 1.03 bits per heavy atom. The number of amides is 3. The topological polar surface area (TPSA) is 106 Å². The van der Waals surface area contributed by atoms with E-state index in [0.29, 0.717) is 41.3 Å². The molecule has 202 valence electrons. The molecule has 0 radical (unpaired) electrons. The van der Waals surface area contributed by atoms with Gasteiger partial charge in [0.1, 0.15) is 24.2 Å². The zero-order chi connectivity index (χ0) is 26.6. The summed E-state index contributed by atoms with van der Waals surface area (Å²) in [6.07, 6.45) is 4.90. The van der Waals surface area contributed by atoms with Crippen LogP contribution < -0.4 is 20.1 Å². The van der Waals surface area contributed by atoms with Gasteiger partial charge in [-0.1, -0.05) is 18.9 Å². The first kappa shape index (κ1) is 26.0. The van der Waals surface area contributed by atoms with Gasteiger partial charge in [0.15, 0.2) is 0 Å². The Morgan fingerprint density at radius 3 is 2.61 bits per heavy atom. The SMILES string of the molecule is COc1cccc(NC(=O)C[C@@H]2CC[C@@H]3[C@@H](COc4ccc(NC(=O)C5CCCC5)cc4C(=O)N3C)O2)c1. The fraction of sp³-hybridized carbons (Fsp3) is 0.483. The molecule has 2 aliphatic heterocycles. The minimum Gasteiger partial charge on any atom is -0.497 e. The third-order valence-electron chi connectivity index (χ3n) is 7.77. The minimum absolute atomic E-state index is 0.0113. The zero-order valence-electron chi connectivity index (χ0n) is 21.9. The Morgan fingerprint density at radius 2 is 1.82 bits per heavy atom. The third kappa shape index (κ3) is 5.78. The number of hydrogen-bond donors (Lipinski definition) is 2. The van der Waals surface area contributed by atoms with Gasteiger partial charge >= 0.3 is 0 Å². The molecule has 9 nitrogen and oxygen atoms in total. The quantitative estimate of drug-likeness (QED) is 0.589. The summed E-state index contributed by atoms with van der Waals surface area (Å²) in [5.41, 5.74) is 1.69. The summed E-state index contributed by atoms with van der Waals surface area (Å²) in [5, 5.41) is 5.87. The molecule has 2 aromatic rings. The van der Waals surface area contributed by atoms with Crippen molar-refractivity contribution >= 4 is 29.1 Å². The lowest BCUT2D eigenvalue weighted by atomic mass is 9.94. The van der Waals surface area contributed by atoms with E-state index < -0.39 is 0 Å². The van der Waals surface area contributed by atoms with Crippen molar-refractivity contribution in [3.8, 4) is 11.5 Å². The fourth-order valence-electron chi connectivity index (χ4n) is 5.66. The molecule has 3 aliphatic rings. The first-order valence-corrected chi connectivity index (χ1v) is 13.4. The number of benzene rings is 2. The van der Waals surface area contributed by atoms with E-state index in [0.717, 1.165) is 25.7 Å². The number of fused-ring (bicyclic) bond motifs is 2. The number of carbonyl (C=O) groups is 3. The first-order valence-electron chi connectivity index (χ1n) is 13.4. The zero-order valence-corrected chi connectivity index (χ0v) is 21.9. The predicted octanol–water partition coefficient (Wildman–Crippen LogP) is 4.23. The number of nitrogens with zero attached hydrogens (tertiary/aromatic N) is 1. The van der Waals surface area contributed by atoms with Crippen LogP contribution in [0, 0.1) is 5.92 Å². The van der Waals surface area contributed by atoms with Crippen molar-refractivity contribution in [3.63, 3.8) is 0 Å². The van der Waals surface area contributed by atoms with E-state index >= 15 is 0 Å². The van der Waals surface area contributed by atoms with Crippen molar-refractivity contribution in [2.75, 3.05) is 31.4 Å². The molecule has 0 spiro atoms. The Labute approximate surface area is 222 Å². The number of carbonyl (C=O) groups excluding carboxylic acids is 3. The Kier molecular flexibility index (Phi) is 7.83. The normalized spacial score (nSPS) is 23.4. The molecule has 3 amide bonds. The molecule has 1 aliphatic carbocycles. The molecule has 38 heavy (non-hydrogen) atoms. The van der Waals surface area contributed by atoms with Gasteiger partial charge in [0.25, 0.3) is 5.91 Å². The number of anilines is 2. The fourth-order valence-corrected chi connectivity index (χ4v) is 5.66. The summed E-state index contributed by atoms with van der Waals surface area (Å²) in [4.78, 5) is 40.4. The van der Waals surface area contributed by atoms with Crippen molar-refractivity contribution < 1.29 is 28.6 Å². The van der Waals surface area contributed by atoms with Crippen LogP contribution in [0.5, 0.6) is 11.5 Å². The molecule has 2 N–H and O–H groups in total. The van der Waals surface area contributed by atoms with Crippen molar-refractivity contribution in [3.05, 3.63) is 48.0 Å². The molecule has 2 aromatic carbocycles. The van der Waals surface area contributed by atoms with Crippen molar-refractivity contribution in [2.45, 2.75) is 63.2 Å². The van der Waals surface area contributed by atoms with Crippen molar-refractivity contribution in [1.82, 2.24) is 4.90 Å². The molecule has 0 aromatic heterocycles. The molecule has 0 bridgehead atoms. The first-order chi connectivity index (χ1) is 18.4. The Bertz CT molecular complexity index is 1190. The standard InChI is InChI=1S/C29H35N3O6/c1-32-24-12-11-22(16-27(33)30-19-8-5-9-21(14-19)36-2)38-26(24)17-37-25-13-10-20(15-23(25)29(32)35)31-28(34)18-6-3-4-7-18/h5,8-10,13-15,18,22,24,26H,3-4,6-7,11-12,16-17H2,1-2H3,(H,30,33)(H,31,34)/t22-,24+,26+/m0/s1. The maximum Gasteiger partial charge on any atom is 0.257 e. The van der Waals surface area contributed by atoms with Crippen LogP contribution in [0.4, 0.5) is 11.4 Å². The van der Waals surface area contributed by atoms with E-state index in [1.54, 1.807) is 43.3 Å². The molecule has 0 unspecified atom stereocenters. The molecule has 1 saturated heterocycles. The molecule has 2 heterocycles. The van der Waals surface area contributed by atoms with E-state index in [9.17, 15) is 14.4 Å². The summed E-state index contributed by atoms with van der Waals surface area (Å²) in [6.45, 7) is 0.261. The summed E-state index contributed by atoms with van der Waals surface area (Å²) >= 11 is 0. The Balaban J connectivity index is 1.22. The maximum absolute atomic E-state index is 13.5. The lowest BCUT2D eigenvalue weighted by Crippen LogP contribution is -2.53. The summed E-state index contributed by atoms with van der Waals surface area (Å²) < 4.78 is 17.6. The molecular weight excluding hydrogens is 486 g/mol. The van der Waals surface area contributed by atoms with Gasteiger partial charge in [0, 0.05) is 30.4 Å². The molecule has 3 atom stereocenters. The van der Waals surface area contributed by atoms with Gasteiger partial charge in [-0.3, -0.25) is 14.4 Å². The average molecular weight is 522 g/mol. The molecule has 2 fully saturated rings. The molecular formula is C29H35N3O6. The second-order valence-corrected chi connectivity index (χ2v) is 10.3. The number of methoxy groups -OCH3 is 1. The average Bonchev–Trinajstić information content (AvgIpc) is 3.46. The van der Waals surface area contributed by atoms with Crippen LogP contribution in [0.3, 0.4) is 0 Å². The van der Waals surface area contributed by atoms with E-state index in [4.69, 9.17) is 14.2 Å². The number of hydrogen-bond acceptors (Lipinski definition) is 6. The van der Waals surface area contributed by atoms with Crippen molar-refractivity contribution in [1.29, 1.82) is 0 Å². The van der Waals surface area contributed by atoms with E-state index in [1.165, 1.54) is 0 Å². The van der Waals surface area contributed by atoms with Crippen molar-refractivity contribution in [2.24, 2.45) is 5.92 Å². The monoisotopic (exact) mass is 521 g/mol. The predicted molar refractivity (Wildman–Crippen MR) is 143 cm³/mol. The summed E-state index contributed by atoms with van der Waals surface area (Å²) in [6, 6.07) is 12.2. The number of rotatable bonds is 6. The second-order valence-electron chi connectivity index (χ2n) is 10.3. The van der Waals surface area contributed by atoms with Gasteiger partial charge in [-0.2, -0.15) is 0 Å². The largest absolute Gasteiger partial charge is 0.497 e. The highest BCUT2D eigenvalue weighted by atomic mass is 16.5. The Hall–Kier alpha value is -3.59. The lowest BCUT2D eigenvalue weighted by molar-refractivity contribution is -0.130. The van der Waals surface area contributed by atoms with Crippen LogP contribution in [-0.2, 0) is 14.3 Å². The highest BCUT2D eigenvalue weighted by molar-refractivity contribution is 6.00. The number of ether oxygens (including phenoxy) is 3. The summed E-state index contributed by atoms with van der Waals surface area (Å²) in [5.74, 6) is 0.859. The van der Waals surface area contributed by atoms with E-state index in [2.05, 4.69) is 10.6 Å². The minimum atomic E-state index is -0.359. The van der Waals surface area contributed by atoms with Gasteiger partial charge in [-0.05, 0) is 56.0 Å². The van der Waals surface area contributed by atoms with Crippen LogP contribution >= 0.6 is 0 Å². The molecule has 9 heteroatoms. The van der Waals surface area contributed by atoms with Gasteiger partial charge in [0.05, 0.1) is 31.2 Å². The second kappa shape index (κ2) is 11.4. The smallest absolute Gasteiger partial charge is 0.257 e. The van der Waals surface area contributed by atoms with Crippen LogP contribution in [-0.4, -0.2) is 61.6 Å².